The van der Waals surface area contributed by atoms with Gasteiger partial charge in [0.15, 0.2) is 0 Å². The highest BCUT2D eigenvalue weighted by molar-refractivity contribution is 7.86. The molecule has 5 heteroatoms. The summed E-state index contributed by atoms with van der Waals surface area (Å²) < 4.78 is 28.6. The standard InChI is InChI=1S/C15H32O3SSi/c1-6-7-8-9-10-11-12-15(18-19(2,16)17)13-14(15)20(3,4)5/h14H,6-13H2,1-5H3. The highest BCUT2D eigenvalue weighted by Gasteiger charge is 2.61. The largest absolute Gasteiger partial charge is 0.264 e. The maximum atomic E-state index is 11.5. The monoisotopic (exact) mass is 320 g/mol. The van der Waals surface area contributed by atoms with Crippen LogP contribution in [-0.2, 0) is 14.3 Å². The molecule has 1 aliphatic carbocycles. The summed E-state index contributed by atoms with van der Waals surface area (Å²) >= 11 is 0. The van der Waals surface area contributed by atoms with Crippen molar-refractivity contribution in [2.75, 3.05) is 6.26 Å². The van der Waals surface area contributed by atoms with E-state index < -0.39 is 18.2 Å². The summed E-state index contributed by atoms with van der Waals surface area (Å²) in [6.45, 7) is 9.16. The van der Waals surface area contributed by atoms with Crippen LogP contribution in [0.3, 0.4) is 0 Å². The fraction of sp³-hybridized carbons (Fsp3) is 1.00. The van der Waals surface area contributed by atoms with Crippen LogP contribution in [0.1, 0.15) is 58.3 Å². The Bertz CT molecular complexity index is 400. The molecule has 0 saturated heterocycles. The Morgan fingerprint density at radius 1 is 1.10 bits per heavy atom. The average Bonchev–Trinajstić information content (AvgIpc) is 2.95. The van der Waals surface area contributed by atoms with Gasteiger partial charge in [-0.2, -0.15) is 8.42 Å². The molecule has 0 heterocycles. The van der Waals surface area contributed by atoms with Crippen molar-refractivity contribution in [2.24, 2.45) is 0 Å². The lowest BCUT2D eigenvalue weighted by Gasteiger charge is -2.23. The molecule has 0 aromatic rings. The van der Waals surface area contributed by atoms with Crippen LogP contribution in [0.25, 0.3) is 0 Å². The van der Waals surface area contributed by atoms with Crippen molar-refractivity contribution in [2.45, 2.75) is 89.1 Å². The van der Waals surface area contributed by atoms with Gasteiger partial charge in [0.2, 0.25) is 0 Å². The molecule has 2 atom stereocenters. The van der Waals surface area contributed by atoms with Gasteiger partial charge in [0.25, 0.3) is 10.1 Å². The smallest absolute Gasteiger partial charge is 0.264 e. The third-order valence-electron chi connectivity index (χ3n) is 4.34. The van der Waals surface area contributed by atoms with E-state index in [2.05, 4.69) is 26.6 Å². The van der Waals surface area contributed by atoms with Gasteiger partial charge in [-0.05, 0) is 18.4 Å². The second kappa shape index (κ2) is 6.92. The van der Waals surface area contributed by atoms with E-state index in [-0.39, 0.29) is 5.60 Å². The molecule has 1 aliphatic rings. The number of hydrogen-bond acceptors (Lipinski definition) is 3. The van der Waals surface area contributed by atoms with E-state index in [1.54, 1.807) is 0 Å². The fourth-order valence-corrected chi connectivity index (χ4v) is 6.99. The van der Waals surface area contributed by atoms with Crippen LogP contribution >= 0.6 is 0 Å². The van der Waals surface area contributed by atoms with Crippen molar-refractivity contribution in [1.82, 2.24) is 0 Å². The van der Waals surface area contributed by atoms with Gasteiger partial charge in [0.05, 0.1) is 19.9 Å². The highest BCUT2D eigenvalue weighted by Crippen LogP contribution is 2.61. The lowest BCUT2D eigenvalue weighted by Crippen LogP contribution is -2.30. The van der Waals surface area contributed by atoms with E-state index in [9.17, 15) is 8.42 Å². The summed E-state index contributed by atoms with van der Waals surface area (Å²) in [5, 5.41) is 0. The predicted molar refractivity (Wildman–Crippen MR) is 88.4 cm³/mol. The third kappa shape index (κ3) is 5.86. The Kier molecular flexibility index (Phi) is 6.29. The van der Waals surface area contributed by atoms with Gasteiger partial charge >= 0.3 is 0 Å². The van der Waals surface area contributed by atoms with E-state index in [1.807, 2.05) is 0 Å². The average molecular weight is 321 g/mol. The van der Waals surface area contributed by atoms with Gasteiger partial charge in [-0.25, -0.2) is 0 Å². The van der Waals surface area contributed by atoms with Crippen LogP contribution in [0.5, 0.6) is 0 Å². The minimum atomic E-state index is -3.34. The first-order valence-corrected chi connectivity index (χ1v) is 13.4. The van der Waals surface area contributed by atoms with E-state index in [1.165, 1.54) is 38.4 Å². The zero-order valence-electron chi connectivity index (χ0n) is 13.9. The minimum absolute atomic E-state index is 0.344. The molecule has 2 unspecified atom stereocenters. The number of unbranched alkanes of at least 4 members (excludes halogenated alkanes) is 5. The molecule has 120 valence electrons. The molecule has 1 rings (SSSR count). The molecule has 1 saturated carbocycles. The van der Waals surface area contributed by atoms with Gasteiger partial charge in [0, 0.05) is 0 Å². The van der Waals surface area contributed by atoms with Crippen LogP contribution in [0, 0.1) is 0 Å². The topological polar surface area (TPSA) is 43.4 Å². The summed E-state index contributed by atoms with van der Waals surface area (Å²) in [6, 6.07) is 0. The molecule has 0 aromatic heterocycles. The molecule has 1 fully saturated rings. The minimum Gasteiger partial charge on any atom is -0.264 e. The maximum Gasteiger partial charge on any atom is 0.264 e. The number of rotatable bonds is 10. The summed E-state index contributed by atoms with van der Waals surface area (Å²) in [5.74, 6) is 0. The van der Waals surface area contributed by atoms with E-state index in [0.717, 1.165) is 19.3 Å². The molecule has 0 aromatic carbocycles. The maximum absolute atomic E-state index is 11.5. The molecule has 3 nitrogen and oxygen atoms in total. The fourth-order valence-electron chi connectivity index (χ4n) is 3.30. The first kappa shape index (κ1) is 18.2. The van der Waals surface area contributed by atoms with Gasteiger partial charge < -0.3 is 0 Å². The zero-order chi connectivity index (χ0) is 15.4. The van der Waals surface area contributed by atoms with Gasteiger partial charge in [-0.1, -0.05) is 65.1 Å². The van der Waals surface area contributed by atoms with Crippen LogP contribution in [0.2, 0.25) is 25.2 Å². The van der Waals surface area contributed by atoms with E-state index in [4.69, 9.17) is 4.18 Å². The number of hydrogen-bond donors (Lipinski definition) is 0. The third-order valence-corrected chi connectivity index (χ3v) is 7.80. The van der Waals surface area contributed by atoms with Gasteiger partial charge in [-0.15, -0.1) is 0 Å². The lowest BCUT2D eigenvalue weighted by atomic mass is 10.1. The van der Waals surface area contributed by atoms with Crippen molar-refractivity contribution in [3.63, 3.8) is 0 Å². The lowest BCUT2D eigenvalue weighted by molar-refractivity contribution is 0.173. The van der Waals surface area contributed by atoms with Crippen molar-refractivity contribution in [3.05, 3.63) is 0 Å². The molecule has 0 radical (unpaired) electrons. The van der Waals surface area contributed by atoms with Crippen LogP contribution in [-0.4, -0.2) is 28.3 Å². The Morgan fingerprint density at radius 2 is 1.65 bits per heavy atom. The van der Waals surface area contributed by atoms with Gasteiger partial charge in [0.1, 0.15) is 0 Å². The van der Waals surface area contributed by atoms with E-state index >= 15 is 0 Å². The Balaban J connectivity index is 2.47. The second-order valence-electron chi connectivity index (χ2n) is 7.49. The Morgan fingerprint density at radius 3 is 2.10 bits per heavy atom. The van der Waals surface area contributed by atoms with Gasteiger partial charge in [-0.3, -0.25) is 4.18 Å². The van der Waals surface area contributed by atoms with Crippen molar-refractivity contribution >= 4 is 18.2 Å². The summed E-state index contributed by atoms with van der Waals surface area (Å²) in [5.41, 5.74) is 0.156. The molecule has 0 aliphatic heterocycles. The molecule has 0 amide bonds. The SMILES string of the molecule is CCCCCCCCC1(OS(C)(=O)=O)CC1[Si](C)(C)C. The van der Waals surface area contributed by atoms with Crippen LogP contribution < -0.4 is 0 Å². The highest BCUT2D eigenvalue weighted by atomic mass is 32.2. The molecular formula is C15H32O3SSi. The van der Waals surface area contributed by atoms with Crippen LogP contribution in [0.4, 0.5) is 0 Å². The molecule has 20 heavy (non-hydrogen) atoms. The van der Waals surface area contributed by atoms with E-state index in [0.29, 0.717) is 5.54 Å². The van der Waals surface area contributed by atoms with Crippen molar-refractivity contribution in [1.29, 1.82) is 0 Å². The van der Waals surface area contributed by atoms with Crippen LogP contribution in [0.15, 0.2) is 0 Å². The first-order valence-electron chi connectivity index (χ1n) is 8.01. The van der Waals surface area contributed by atoms with Crippen molar-refractivity contribution in [3.8, 4) is 0 Å². The zero-order valence-corrected chi connectivity index (χ0v) is 15.7. The summed E-state index contributed by atoms with van der Waals surface area (Å²) in [6.07, 6.45) is 10.5. The Labute approximate surface area is 126 Å². The molecular weight excluding hydrogens is 288 g/mol. The second-order valence-corrected chi connectivity index (χ2v) is 14.5. The molecule has 0 N–H and O–H groups in total. The Hall–Kier alpha value is 0.127. The molecule has 0 bridgehead atoms. The first-order chi connectivity index (χ1) is 9.11. The summed E-state index contributed by atoms with van der Waals surface area (Å²) in [7, 11) is -4.67. The molecule has 0 spiro atoms. The predicted octanol–water partition coefficient (Wildman–Crippen LogP) is 4.56. The summed E-state index contributed by atoms with van der Waals surface area (Å²) in [4.78, 5) is 0. The van der Waals surface area contributed by atoms with Crippen molar-refractivity contribution < 1.29 is 12.6 Å². The quantitative estimate of drug-likeness (QED) is 0.336. The normalized spacial score (nSPS) is 26.8.